The molecule has 106 valence electrons. The van der Waals surface area contributed by atoms with Gasteiger partial charge in [-0.3, -0.25) is 4.98 Å². The van der Waals surface area contributed by atoms with Crippen molar-refractivity contribution in [2.75, 3.05) is 24.3 Å². The quantitative estimate of drug-likeness (QED) is 0.828. The Hall–Kier alpha value is -2.44. The van der Waals surface area contributed by atoms with E-state index in [1.54, 1.807) is 0 Å². The third kappa shape index (κ3) is 3.78. The third-order valence-electron chi connectivity index (χ3n) is 2.51. The first-order valence-electron chi connectivity index (χ1n) is 6.41. The molecule has 0 aromatic carbocycles. The monoisotopic (exact) mass is 274 g/mol. The van der Waals surface area contributed by atoms with Gasteiger partial charge in [0.1, 0.15) is 0 Å². The maximum atomic E-state index is 5.06. The summed E-state index contributed by atoms with van der Waals surface area (Å²) < 4.78 is 5.06. The lowest BCUT2D eigenvalue weighted by atomic mass is 10.3. The summed E-state index contributed by atoms with van der Waals surface area (Å²) in [6.07, 6.45) is 0. The first-order chi connectivity index (χ1) is 9.71. The maximum Gasteiger partial charge on any atom is 0.322 e. The Morgan fingerprint density at radius 1 is 1.05 bits per heavy atom. The van der Waals surface area contributed by atoms with Gasteiger partial charge in [-0.1, -0.05) is 6.07 Å². The van der Waals surface area contributed by atoms with Crippen LogP contribution in [-0.2, 0) is 6.54 Å². The van der Waals surface area contributed by atoms with E-state index in [0.717, 1.165) is 17.9 Å². The van der Waals surface area contributed by atoms with Gasteiger partial charge in [0.25, 0.3) is 0 Å². The highest BCUT2D eigenvalue weighted by Gasteiger charge is 2.06. The van der Waals surface area contributed by atoms with E-state index in [1.165, 1.54) is 7.11 Å². The summed E-state index contributed by atoms with van der Waals surface area (Å²) >= 11 is 0. The van der Waals surface area contributed by atoms with Gasteiger partial charge in [-0.15, -0.1) is 0 Å². The number of nitrogens with zero attached hydrogens (tertiary/aromatic N) is 4. The third-order valence-corrected chi connectivity index (χ3v) is 2.51. The summed E-state index contributed by atoms with van der Waals surface area (Å²) in [5.41, 5.74) is 1.90. The molecule has 20 heavy (non-hydrogen) atoms. The summed E-state index contributed by atoms with van der Waals surface area (Å²) in [5.74, 6) is 0.940. The molecule has 0 amide bonds. The van der Waals surface area contributed by atoms with Gasteiger partial charge >= 0.3 is 6.01 Å². The molecule has 0 saturated heterocycles. The number of pyridine rings is 1. The Morgan fingerprint density at radius 3 is 2.45 bits per heavy atom. The first-order valence-corrected chi connectivity index (χ1v) is 6.41. The summed E-state index contributed by atoms with van der Waals surface area (Å²) in [6.45, 7) is 5.20. The molecule has 0 saturated carbocycles. The molecule has 0 spiro atoms. The zero-order chi connectivity index (χ0) is 14.4. The standard InChI is InChI=1S/C13H18N6O/c1-4-14-11-17-12(19-13(18-11)20-3)15-8-10-7-5-6-9(2)16-10/h5-7H,4,8H2,1-3H3,(H2,14,15,17,18,19). The molecule has 2 N–H and O–H groups in total. The van der Waals surface area contributed by atoms with Crippen LogP contribution in [-0.4, -0.2) is 33.6 Å². The summed E-state index contributed by atoms with van der Waals surface area (Å²) in [4.78, 5) is 16.9. The van der Waals surface area contributed by atoms with Crippen LogP contribution in [0.15, 0.2) is 18.2 Å². The molecule has 7 heteroatoms. The molecule has 2 heterocycles. The predicted octanol–water partition coefficient (Wildman–Crippen LogP) is 1.63. The van der Waals surface area contributed by atoms with E-state index in [-0.39, 0.29) is 6.01 Å². The van der Waals surface area contributed by atoms with Crippen molar-refractivity contribution in [2.24, 2.45) is 0 Å². The van der Waals surface area contributed by atoms with Crippen LogP contribution in [0.5, 0.6) is 6.01 Å². The van der Waals surface area contributed by atoms with Crippen LogP contribution in [0.2, 0.25) is 0 Å². The Kier molecular flexibility index (Phi) is 4.65. The van der Waals surface area contributed by atoms with E-state index >= 15 is 0 Å². The summed E-state index contributed by atoms with van der Waals surface area (Å²) in [5, 5.41) is 6.15. The van der Waals surface area contributed by atoms with Crippen molar-refractivity contribution in [3.63, 3.8) is 0 Å². The lowest BCUT2D eigenvalue weighted by Crippen LogP contribution is -2.10. The van der Waals surface area contributed by atoms with Crippen LogP contribution in [0.4, 0.5) is 11.9 Å². The van der Waals surface area contributed by atoms with Crippen molar-refractivity contribution in [2.45, 2.75) is 20.4 Å². The molecule has 2 aromatic rings. The highest BCUT2D eigenvalue weighted by atomic mass is 16.5. The average molecular weight is 274 g/mol. The molecule has 0 aliphatic carbocycles. The summed E-state index contributed by atoms with van der Waals surface area (Å²) in [7, 11) is 1.52. The largest absolute Gasteiger partial charge is 0.467 e. The molecule has 0 unspecified atom stereocenters. The fourth-order valence-electron chi connectivity index (χ4n) is 1.63. The molecule has 0 aliphatic rings. The van der Waals surface area contributed by atoms with Crippen molar-refractivity contribution in [3.05, 3.63) is 29.6 Å². The van der Waals surface area contributed by atoms with Gasteiger partial charge in [-0.05, 0) is 26.0 Å². The fourth-order valence-corrected chi connectivity index (χ4v) is 1.63. The topological polar surface area (TPSA) is 84.9 Å². The van der Waals surface area contributed by atoms with Crippen LogP contribution in [0, 0.1) is 6.92 Å². The van der Waals surface area contributed by atoms with E-state index in [9.17, 15) is 0 Å². The molecule has 0 radical (unpaired) electrons. The number of aryl methyl sites for hydroxylation is 1. The van der Waals surface area contributed by atoms with Crippen molar-refractivity contribution in [1.82, 2.24) is 19.9 Å². The van der Waals surface area contributed by atoms with Crippen molar-refractivity contribution in [1.29, 1.82) is 0 Å². The van der Waals surface area contributed by atoms with Gasteiger partial charge in [0.05, 0.1) is 19.3 Å². The second-order valence-electron chi connectivity index (χ2n) is 4.12. The second-order valence-corrected chi connectivity index (χ2v) is 4.12. The van der Waals surface area contributed by atoms with Crippen molar-refractivity contribution in [3.8, 4) is 6.01 Å². The van der Waals surface area contributed by atoms with E-state index < -0.39 is 0 Å². The Labute approximate surface area is 117 Å². The normalized spacial score (nSPS) is 10.2. The average Bonchev–Trinajstić information content (AvgIpc) is 2.45. The lowest BCUT2D eigenvalue weighted by molar-refractivity contribution is 0.379. The van der Waals surface area contributed by atoms with E-state index in [2.05, 4.69) is 30.6 Å². The first kappa shape index (κ1) is 14.0. The van der Waals surface area contributed by atoms with Crippen LogP contribution >= 0.6 is 0 Å². The number of aromatic nitrogens is 4. The molecular formula is C13H18N6O. The summed E-state index contributed by atoms with van der Waals surface area (Å²) in [6, 6.07) is 6.15. The maximum absolute atomic E-state index is 5.06. The zero-order valence-electron chi connectivity index (χ0n) is 11.8. The molecule has 2 rings (SSSR count). The fraction of sp³-hybridized carbons (Fsp3) is 0.385. The van der Waals surface area contributed by atoms with Gasteiger partial charge in [-0.2, -0.15) is 15.0 Å². The molecule has 7 nitrogen and oxygen atoms in total. The SMILES string of the molecule is CCNc1nc(NCc2cccc(C)n2)nc(OC)n1. The number of anilines is 2. The highest BCUT2D eigenvalue weighted by molar-refractivity contribution is 5.36. The van der Waals surface area contributed by atoms with Gasteiger partial charge in [0.2, 0.25) is 11.9 Å². The predicted molar refractivity (Wildman–Crippen MR) is 76.8 cm³/mol. The highest BCUT2D eigenvalue weighted by Crippen LogP contribution is 2.11. The van der Waals surface area contributed by atoms with Crippen LogP contribution in [0.1, 0.15) is 18.3 Å². The van der Waals surface area contributed by atoms with Crippen LogP contribution < -0.4 is 15.4 Å². The molecule has 0 aliphatic heterocycles. The Balaban J connectivity index is 2.10. The van der Waals surface area contributed by atoms with E-state index in [0.29, 0.717) is 18.4 Å². The van der Waals surface area contributed by atoms with Crippen molar-refractivity contribution >= 4 is 11.9 Å². The van der Waals surface area contributed by atoms with Gasteiger partial charge in [0.15, 0.2) is 0 Å². The molecule has 2 aromatic heterocycles. The van der Waals surface area contributed by atoms with Crippen LogP contribution in [0.3, 0.4) is 0 Å². The van der Waals surface area contributed by atoms with Gasteiger partial charge in [-0.25, -0.2) is 0 Å². The number of ether oxygens (including phenoxy) is 1. The minimum Gasteiger partial charge on any atom is -0.467 e. The van der Waals surface area contributed by atoms with Gasteiger partial charge < -0.3 is 15.4 Å². The second kappa shape index (κ2) is 6.65. The number of rotatable bonds is 6. The number of methoxy groups -OCH3 is 1. The minimum absolute atomic E-state index is 0.274. The number of hydrogen-bond acceptors (Lipinski definition) is 7. The Bertz CT molecular complexity index is 575. The molecular weight excluding hydrogens is 256 g/mol. The molecule has 0 fully saturated rings. The lowest BCUT2D eigenvalue weighted by Gasteiger charge is -2.08. The van der Waals surface area contributed by atoms with Crippen molar-refractivity contribution < 1.29 is 4.74 Å². The zero-order valence-corrected chi connectivity index (χ0v) is 11.8. The minimum atomic E-state index is 0.274. The number of hydrogen-bond donors (Lipinski definition) is 2. The van der Waals surface area contributed by atoms with Gasteiger partial charge in [0, 0.05) is 12.2 Å². The van der Waals surface area contributed by atoms with Crippen LogP contribution in [0.25, 0.3) is 0 Å². The molecule has 0 atom stereocenters. The smallest absolute Gasteiger partial charge is 0.322 e. The van der Waals surface area contributed by atoms with E-state index in [1.807, 2.05) is 32.0 Å². The Morgan fingerprint density at radius 2 is 1.80 bits per heavy atom. The van der Waals surface area contributed by atoms with E-state index in [4.69, 9.17) is 4.74 Å². The molecule has 0 bridgehead atoms. The number of nitrogens with one attached hydrogen (secondary N) is 2.